The van der Waals surface area contributed by atoms with Crippen molar-refractivity contribution in [3.05, 3.63) is 36.5 Å². The van der Waals surface area contributed by atoms with Crippen molar-refractivity contribution >= 4 is 11.9 Å². The van der Waals surface area contributed by atoms with E-state index < -0.39 is 17.5 Å². The maximum Gasteiger partial charge on any atom is 0.334 e. The lowest BCUT2D eigenvalue weighted by Gasteiger charge is -2.12. The molecule has 0 heterocycles. The second kappa shape index (κ2) is 4.99. The van der Waals surface area contributed by atoms with E-state index in [0.29, 0.717) is 0 Å². The third-order valence-corrected chi connectivity index (χ3v) is 2.69. The summed E-state index contributed by atoms with van der Waals surface area (Å²) < 4.78 is 5.22. The number of esters is 1. The lowest BCUT2D eigenvalue weighted by atomic mass is 10.1. The third kappa shape index (κ3) is 3.59. The van der Waals surface area contributed by atoms with Gasteiger partial charge < -0.3 is 9.84 Å². The molecule has 92 valence electrons. The minimum absolute atomic E-state index is 0.184. The van der Waals surface area contributed by atoms with E-state index in [0.717, 1.165) is 12.8 Å². The fourth-order valence-corrected chi connectivity index (χ4v) is 1.17. The molecule has 0 saturated heterocycles. The first kappa shape index (κ1) is 13.2. The summed E-state index contributed by atoms with van der Waals surface area (Å²) in [7, 11) is 0. The topological polar surface area (TPSA) is 63.6 Å². The summed E-state index contributed by atoms with van der Waals surface area (Å²) in [6.07, 6.45) is 4.83. The van der Waals surface area contributed by atoms with Crippen molar-refractivity contribution in [1.29, 1.82) is 0 Å². The number of hydrogen-bond acceptors (Lipinski definition) is 3. The van der Waals surface area contributed by atoms with Gasteiger partial charge in [0.2, 0.25) is 0 Å². The molecule has 0 atom stereocenters. The van der Waals surface area contributed by atoms with Crippen molar-refractivity contribution in [2.45, 2.75) is 31.8 Å². The molecule has 0 aromatic rings. The molecule has 1 N–H and O–H groups in total. The summed E-state index contributed by atoms with van der Waals surface area (Å²) in [5, 5.41) is 8.64. The van der Waals surface area contributed by atoms with Gasteiger partial charge in [-0.2, -0.15) is 0 Å². The summed E-state index contributed by atoms with van der Waals surface area (Å²) in [6, 6.07) is 0. The van der Waals surface area contributed by atoms with E-state index in [1.54, 1.807) is 6.08 Å². The molecule has 1 aliphatic carbocycles. The average Bonchev–Trinajstić information content (AvgIpc) is 3.05. The quantitative estimate of drug-likeness (QED) is 0.436. The van der Waals surface area contributed by atoms with E-state index in [1.807, 2.05) is 0 Å². The van der Waals surface area contributed by atoms with Crippen LogP contribution in [0.3, 0.4) is 0 Å². The van der Waals surface area contributed by atoms with Gasteiger partial charge in [0, 0.05) is 11.1 Å². The Morgan fingerprint density at radius 1 is 1.47 bits per heavy atom. The van der Waals surface area contributed by atoms with Gasteiger partial charge in [0.1, 0.15) is 5.60 Å². The number of hydrogen-bond donors (Lipinski definition) is 1. The second-order valence-corrected chi connectivity index (χ2v) is 4.16. The second-order valence-electron chi connectivity index (χ2n) is 4.16. The predicted octanol–water partition coefficient (Wildman–Crippen LogP) is 2.23. The SMILES string of the molecule is C=CC1(OC(=O)C(=C)CC=C(C)C(=O)O)CC1. The van der Waals surface area contributed by atoms with E-state index in [1.165, 1.54) is 13.0 Å². The van der Waals surface area contributed by atoms with Crippen LogP contribution in [0.2, 0.25) is 0 Å². The summed E-state index contributed by atoms with van der Waals surface area (Å²) >= 11 is 0. The molecule has 0 unspecified atom stereocenters. The number of carbonyl (C=O) groups excluding carboxylic acids is 1. The molecule has 0 spiro atoms. The normalized spacial score (nSPS) is 17.1. The molecule has 1 aliphatic rings. The molecule has 0 radical (unpaired) electrons. The maximum atomic E-state index is 11.6. The van der Waals surface area contributed by atoms with E-state index in [9.17, 15) is 9.59 Å². The van der Waals surface area contributed by atoms with Crippen LogP contribution < -0.4 is 0 Å². The van der Waals surface area contributed by atoms with E-state index in [2.05, 4.69) is 13.2 Å². The third-order valence-electron chi connectivity index (χ3n) is 2.69. The maximum absolute atomic E-state index is 11.6. The van der Waals surface area contributed by atoms with Gasteiger partial charge in [0.15, 0.2) is 0 Å². The molecule has 0 bridgehead atoms. The zero-order valence-electron chi connectivity index (χ0n) is 9.86. The molecule has 0 aliphatic heterocycles. The fourth-order valence-electron chi connectivity index (χ4n) is 1.17. The van der Waals surface area contributed by atoms with Crippen LogP contribution in [-0.2, 0) is 14.3 Å². The van der Waals surface area contributed by atoms with Crippen molar-refractivity contribution in [3.63, 3.8) is 0 Å². The molecule has 1 rings (SSSR count). The minimum Gasteiger partial charge on any atom is -0.478 e. The number of carbonyl (C=O) groups is 2. The van der Waals surface area contributed by atoms with Crippen LogP contribution >= 0.6 is 0 Å². The van der Waals surface area contributed by atoms with Crippen LogP contribution in [0.25, 0.3) is 0 Å². The highest BCUT2D eigenvalue weighted by molar-refractivity contribution is 5.90. The van der Waals surface area contributed by atoms with Gasteiger partial charge in [0.25, 0.3) is 0 Å². The van der Waals surface area contributed by atoms with E-state index in [4.69, 9.17) is 9.84 Å². The van der Waals surface area contributed by atoms with Gasteiger partial charge in [-0.3, -0.25) is 0 Å². The molecule has 0 amide bonds. The Morgan fingerprint density at radius 2 is 2.06 bits per heavy atom. The molecule has 1 saturated carbocycles. The smallest absolute Gasteiger partial charge is 0.334 e. The van der Waals surface area contributed by atoms with Crippen LogP contribution in [0.4, 0.5) is 0 Å². The summed E-state index contributed by atoms with van der Waals surface area (Å²) in [6.45, 7) is 8.66. The summed E-state index contributed by atoms with van der Waals surface area (Å²) in [4.78, 5) is 22.1. The number of carboxylic acids is 1. The number of ether oxygens (including phenoxy) is 1. The van der Waals surface area contributed by atoms with Crippen LogP contribution in [0.1, 0.15) is 26.2 Å². The van der Waals surface area contributed by atoms with Gasteiger partial charge >= 0.3 is 11.9 Å². The molecular weight excluding hydrogens is 220 g/mol. The zero-order chi connectivity index (χ0) is 13.1. The number of rotatable bonds is 6. The molecule has 4 heteroatoms. The number of allylic oxidation sites excluding steroid dienone is 1. The largest absolute Gasteiger partial charge is 0.478 e. The van der Waals surface area contributed by atoms with Crippen molar-refractivity contribution in [3.8, 4) is 0 Å². The number of carboxylic acid groups (broad SMARTS) is 1. The predicted molar refractivity (Wildman–Crippen MR) is 63.4 cm³/mol. The Labute approximate surface area is 100 Å². The highest BCUT2D eigenvalue weighted by Gasteiger charge is 2.44. The average molecular weight is 236 g/mol. The Balaban J connectivity index is 2.48. The lowest BCUT2D eigenvalue weighted by molar-refractivity contribution is -0.143. The fraction of sp³-hybridized carbons (Fsp3) is 0.385. The summed E-state index contributed by atoms with van der Waals surface area (Å²) in [5.74, 6) is -1.49. The molecule has 1 fully saturated rings. The van der Waals surface area contributed by atoms with E-state index >= 15 is 0 Å². The highest BCUT2D eigenvalue weighted by atomic mass is 16.6. The monoisotopic (exact) mass is 236 g/mol. The molecule has 4 nitrogen and oxygen atoms in total. The first-order valence-electron chi connectivity index (χ1n) is 5.35. The minimum atomic E-state index is -1.00. The van der Waals surface area contributed by atoms with Crippen molar-refractivity contribution in [1.82, 2.24) is 0 Å². The van der Waals surface area contributed by atoms with Crippen molar-refractivity contribution < 1.29 is 19.4 Å². The van der Waals surface area contributed by atoms with Gasteiger partial charge in [-0.15, -0.1) is 0 Å². The first-order valence-corrected chi connectivity index (χ1v) is 5.35. The Hall–Kier alpha value is -1.84. The highest BCUT2D eigenvalue weighted by Crippen LogP contribution is 2.41. The number of aliphatic carboxylic acids is 1. The van der Waals surface area contributed by atoms with Crippen LogP contribution in [0, 0.1) is 0 Å². The zero-order valence-corrected chi connectivity index (χ0v) is 9.86. The molecular formula is C13H16O4. The molecule has 0 aromatic heterocycles. The van der Waals surface area contributed by atoms with Gasteiger partial charge in [-0.25, -0.2) is 9.59 Å². The standard InChI is InChI=1S/C13H16O4/c1-4-13(7-8-13)17-12(16)10(3)6-5-9(2)11(14)15/h4-5H,1,3,6-8H2,2H3,(H,14,15). The van der Waals surface area contributed by atoms with Crippen molar-refractivity contribution in [2.24, 2.45) is 0 Å². The van der Waals surface area contributed by atoms with Gasteiger partial charge in [0.05, 0.1) is 0 Å². The molecule has 17 heavy (non-hydrogen) atoms. The Morgan fingerprint density at radius 3 is 2.47 bits per heavy atom. The Bertz CT molecular complexity index is 400. The molecule has 0 aromatic carbocycles. The summed E-state index contributed by atoms with van der Waals surface area (Å²) in [5.41, 5.74) is -0.0755. The van der Waals surface area contributed by atoms with Crippen molar-refractivity contribution in [2.75, 3.05) is 0 Å². The van der Waals surface area contributed by atoms with E-state index in [-0.39, 0.29) is 17.6 Å². The van der Waals surface area contributed by atoms with Gasteiger partial charge in [-0.05, 0) is 32.3 Å². The van der Waals surface area contributed by atoms with Crippen LogP contribution in [0.15, 0.2) is 36.5 Å². The first-order chi connectivity index (χ1) is 7.90. The van der Waals surface area contributed by atoms with Crippen LogP contribution in [0.5, 0.6) is 0 Å². The Kier molecular flexibility index (Phi) is 3.89. The van der Waals surface area contributed by atoms with Crippen LogP contribution in [-0.4, -0.2) is 22.6 Å². The lowest BCUT2D eigenvalue weighted by Crippen LogP contribution is -2.18. The van der Waals surface area contributed by atoms with Gasteiger partial charge in [-0.1, -0.05) is 19.2 Å².